The van der Waals surface area contributed by atoms with Gasteiger partial charge >= 0.3 is 5.97 Å². The number of hydrogen-bond acceptors (Lipinski definition) is 7. The molecule has 0 aliphatic heterocycles. The van der Waals surface area contributed by atoms with Crippen molar-refractivity contribution in [3.8, 4) is 5.88 Å². The number of esters is 1. The van der Waals surface area contributed by atoms with E-state index in [2.05, 4.69) is 50.8 Å². The third-order valence-electron chi connectivity index (χ3n) is 7.61. The smallest absolute Gasteiger partial charge is 0.327 e. The van der Waals surface area contributed by atoms with Crippen molar-refractivity contribution < 1.29 is 19.0 Å². The van der Waals surface area contributed by atoms with E-state index in [1.807, 2.05) is 0 Å². The van der Waals surface area contributed by atoms with Crippen LogP contribution in [0.15, 0.2) is 4.79 Å². The molecule has 4 atom stereocenters. The van der Waals surface area contributed by atoms with Crippen molar-refractivity contribution in [1.29, 1.82) is 0 Å². The number of aromatic nitrogens is 2. The summed E-state index contributed by atoms with van der Waals surface area (Å²) < 4.78 is 17.5. The number of carbonyl (C=O) groups is 1. The molecule has 2 bridgehead atoms. The first-order valence-corrected chi connectivity index (χ1v) is 16.4. The predicted octanol–water partition coefficient (Wildman–Crippen LogP) is 4.63. The molecule has 34 heavy (non-hydrogen) atoms. The predicted molar refractivity (Wildman–Crippen MR) is 136 cm³/mol. The lowest BCUT2D eigenvalue weighted by Gasteiger charge is -2.62. The molecule has 1 N–H and O–H groups in total. The molecule has 0 unspecified atom stereocenters. The van der Waals surface area contributed by atoms with Crippen LogP contribution in [0.4, 0.5) is 5.69 Å². The number of nitrogens with zero attached hydrogens (tertiary/aromatic N) is 2. The van der Waals surface area contributed by atoms with E-state index in [0.717, 1.165) is 17.1 Å². The molecule has 3 fully saturated rings. The molecular formula is C24H40ClN3O5Si. The van der Waals surface area contributed by atoms with Gasteiger partial charge in [-0.2, -0.15) is 0 Å². The summed E-state index contributed by atoms with van der Waals surface area (Å²) in [6.45, 7) is 15.9. The van der Waals surface area contributed by atoms with Crippen molar-refractivity contribution in [2.45, 2.75) is 78.8 Å². The summed E-state index contributed by atoms with van der Waals surface area (Å²) in [6, 6.07) is 1.17. The van der Waals surface area contributed by atoms with E-state index < -0.39 is 19.6 Å². The molecule has 3 saturated carbocycles. The maximum absolute atomic E-state index is 12.9. The van der Waals surface area contributed by atoms with Gasteiger partial charge in [-0.05, 0) is 49.0 Å². The molecule has 1 heterocycles. The first kappa shape index (κ1) is 27.0. The fourth-order valence-corrected chi connectivity index (χ4v) is 6.23. The summed E-state index contributed by atoms with van der Waals surface area (Å²) >= 11 is 6.53. The molecule has 0 spiro atoms. The van der Waals surface area contributed by atoms with Gasteiger partial charge in [0, 0.05) is 20.7 Å². The second kappa shape index (κ2) is 10.6. The molecule has 10 heteroatoms. The van der Waals surface area contributed by atoms with Crippen molar-refractivity contribution in [1.82, 2.24) is 9.78 Å². The minimum Gasteiger partial charge on any atom is -0.465 e. The number of nitrogens with one attached hydrogen (secondary N) is 1. The molecule has 0 saturated heterocycles. The van der Waals surface area contributed by atoms with Crippen LogP contribution in [0.1, 0.15) is 40.5 Å². The van der Waals surface area contributed by atoms with Gasteiger partial charge in [0.15, 0.2) is 6.79 Å². The minimum absolute atomic E-state index is 0.0153. The third-order valence-corrected chi connectivity index (χ3v) is 9.67. The Morgan fingerprint density at radius 1 is 1.29 bits per heavy atom. The average Bonchev–Trinajstić information content (AvgIpc) is 2.74. The molecule has 0 radical (unpaired) electrons. The molecule has 0 amide bonds. The van der Waals surface area contributed by atoms with Gasteiger partial charge in [0.25, 0.3) is 11.4 Å². The number of rotatable bonds is 11. The second-order valence-corrected chi connectivity index (χ2v) is 17.4. The first-order valence-electron chi connectivity index (χ1n) is 12.3. The van der Waals surface area contributed by atoms with Gasteiger partial charge in [-0.25, -0.2) is 4.68 Å². The Balaban J connectivity index is 1.80. The van der Waals surface area contributed by atoms with Crippen LogP contribution in [0.25, 0.3) is 0 Å². The fraction of sp³-hybridized carbons (Fsp3) is 0.792. The molecule has 3 aliphatic carbocycles. The van der Waals surface area contributed by atoms with Crippen LogP contribution in [0.5, 0.6) is 5.88 Å². The number of carbonyl (C=O) groups excluding carboxylic acids is 1. The van der Waals surface area contributed by atoms with Gasteiger partial charge in [-0.15, -0.1) is 5.10 Å². The van der Waals surface area contributed by atoms with Gasteiger partial charge in [0.05, 0.1) is 6.61 Å². The highest BCUT2D eigenvalue weighted by atomic mass is 35.5. The van der Waals surface area contributed by atoms with E-state index in [9.17, 15) is 9.59 Å². The Labute approximate surface area is 208 Å². The number of anilines is 1. The molecule has 0 aromatic carbocycles. The van der Waals surface area contributed by atoms with Gasteiger partial charge in [-0.1, -0.05) is 52.0 Å². The maximum Gasteiger partial charge on any atom is 0.327 e. The van der Waals surface area contributed by atoms with Crippen molar-refractivity contribution in [3.05, 3.63) is 15.4 Å². The van der Waals surface area contributed by atoms with Crippen LogP contribution in [0.2, 0.25) is 30.7 Å². The summed E-state index contributed by atoms with van der Waals surface area (Å²) in [7, 11) is -1.23. The van der Waals surface area contributed by atoms with Gasteiger partial charge < -0.3 is 19.5 Å². The van der Waals surface area contributed by atoms with Gasteiger partial charge in [0.2, 0.25) is 0 Å². The third kappa shape index (κ3) is 5.97. The molecule has 1 aromatic rings. The Kier molecular flexibility index (Phi) is 8.40. The summed E-state index contributed by atoms with van der Waals surface area (Å²) in [5.74, 6) is 1.27. The minimum atomic E-state index is -1.23. The molecule has 192 valence electrons. The number of hydrogen-bond donors (Lipinski definition) is 1. The zero-order chi connectivity index (χ0) is 25.3. The van der Waals surface area contributed by atoms with Gasteiger partial charge in [0.1, 0.15) is 17.3 Å². The molecule has 8 nitrogen and oxygen atoms in total. The van der Waals surface area contributed by atoms with Crippen molar-refractivity contribution >= 4 is 31.3 Å². The Hall–Kier alpha value is -1.58. The van der Waals surface area contributed by atoms with E-state index in [-0.39, 0.29) is 36.9 Å². The SMILES string of the molecule is CCOC(=O)Cn1nc(OCOCC[Si](C)(C)C)c(N[C@@H]2C[C@@H]3C[C@H]([C@H]2C)C3(C)C)c(Cl)c1=O. The topological polar surface area (TPSA) is 91.7 Å². The van der Waals surface area contributed by atoms with Crippen LogP contribution in [0.3, 0.4) is 0 Å². The number of fused-ring (bicyclic) bond motifs is 2. The largest absolute Gasteiger partial charge is 0.465 e. The zero-order valence-corrected chi connectivity index (χ0v) is 23.3. The Bertz CT molecular complexity index is 946. The average molecular weight is 514 g/mol. The van der Waals surface area contributed by atoms with E-state index >= 15 is 0 Å². The Morgan fingerprint density at radius 2 is 2.00 bits per heavy atom. The normalized spacial score (nSPS) is 25.4. The number of halogens is 1. The molecule has 3 aliphatic rings. The quantitative estimate of drug-likeness (QED) is 0.199. The molecular weight excluding hydrogens is 474 g/mol. The highest BCUT2D eigenvalue weighted by Gasteiger charge is 2.56. The zero-order valence-electron chi connectivity index (χ0n) is 21.6. The lowest BCUT2D eigenvalue weighted by Crippen LogP contribution is -2.58. The van der Waals surface area contributed by atoms with Crippen LogP contribution >= 0.6 is 11.6 Å². The van der Waals surface area contributed by atoms with E-state index in [4.69, 9.17) is 25.8 Å². The summed E-state index contributed by atoms with van der Waals surface area (Å²) in [4.78, 5) is 24.9. The van der Waals surface area contributed by atoms with Gasteiger partial charge in [-0.3, -0.25) is 9.59 Å². The summed E-state index contributed by atoms with van der Waals surface area (Å²) in [5.41, 5.74) is 0.154. The summed E-state index contributed by atoms with van der Waals surface area (Å²) in [5, 5.41) is 7.75. The van der Waals surface area contributed by atoms with E-state index in [1.165, 1.54) is 6.42 Å². The lowest BCUT2D eigenvalue weighted by molar-refractivity contribution is -0.144. The maximum atomic E-state index is 12.9. The fourth-order valence-electron chi connectivity index (χ4n) is 5.24. The van der Waals surface area contributed by atoms with Crippen LogP contribution in [-0.4, -0.2) is 49.9 Å². The second-order valence-electron chi connectivity index (χ2n) is 11.4. The highest BCUT2D eigenvalue weighted by molar-refractivity contribution is 6.76. The van der Waals surface area contributed by atoms with Crippen molar-refractivity contribution in [3.63, 3.8) is 0 Å². The summed E-state index contributed by atoms with van der Waals surface area (Å²) in [6.07, 6.45) is 2.24. The number of ether oxygens (including phenoxy) is 3. The van der Waals surface area contributed by atoms with Crippen molar-refractivity contribution in [2.75, 3.05) is 25.3 Å². The molecule has 1 aromatic heterocycles. The first-order chi connectivity index (χ1) is 15.8. The van der Waals surface area contributed by atoms with Crippen LogP contribution < -0.4 is 15.6 Å². The lowest BCUT2D eigenvalue weighted by atomic mass is 9.45. The monoisotopic (exact) mass is 513 g/mol. The van der Waals surface area contributed by atoms with E-state index in [1.54, 1.807) is 6.92 Å². The van der Waals surface area contributed by atoms with Crippen molar-refractivity contribution in [2.24, 2.45) is 23.2 Å². The van der Waals surface area contributed by atoms with Crippen LogP contribution in [-0.2, 0) is 20.8 Å². The highest BCUT2D eigenvalue weighted by Crippen LogP contribution is 2.61. The van der Waals surface area contributed by atoms with Crippen LogP contribution in [0, 0.1) is 23.2 Å². The molecule has 4 rings (SSSR count). The van der Waals surface area contributed by atoms with E-state index in [0.29, 0.717) is 35.5 Å². The standard InChI is InChI=1S/C24H40ClN3O5Si/c1-8-32-19(29)13-28-23(30)20(25)21(22(27-28)33-14-31-9-10-34(5,6)7)26-18-12-16-11-17(15(18)2)24(16,3)4/h15-18,26H,8-14H2,1-7H3/t15-,16+,17-,18-/m1/s1. The Morgan fingerprint density at radius 3 is 2.59 bits per heavy atom.